The third-order valence-corrected chi connectivity index (χ3v) is 6.02. The Hall–Kier alpha value is -1.10. The summed E-state index contributed by atoms with van der Waals surface area (Å²) >= 11 is 7.11. The van der Waals surface area contributed by atoms with Gasteiger partial charge in [0.1, 0.15) is 15.1 Å². The van der Waals surface area contributed by atoms with Gasteiger partial charge in [-0.1, -0.05) is 11.6 Å². The summed E-state index contributed by atoms with van der Waals surface area (Å²) in [5.41, 5.74) is 0.948. The van der Waals surface area contributed by atoms with E-state index in [9.17, 15) is 8.42 Å². The maximum atomic E-state index is 12.2. The van der Waals surface area contributed by atoms with E-state index in [0.29, 0.717) is 0 Å². The van der Waals surface area contributed by atoms with Gasteiger partial charge >= 0.3 is 0 Å². The van der Waals surface area contributed by atoms with E-state index < -0.39 is 10.0 Å². The van der Waals surface area contributed by atoms with Crippen molar-refractivity contribution in [1.82, 2.24) is 19.6 Å². The van der Waals surface area contributed by atoms with Crippen LogP contribution in [0.5, 0.6) is 0 Å². The fourth-order valence-electron chi connectivity index (χ4n) is 2.25. The monoisotopic (exact) mass is 388 g/mol. The quantitative estimate of drug-likeness (QED) is 0.755. The highest BCUT2D eigenvalue weighted by atomic mass is 35.5. The summed E-state index contributed by atoms with van der Waals surface area (Å²) in [4.78, 5) is 10.6. The number of rotatable bonds is 6. The van der Waals surface area contributed by atoms with E-state index in [1.807, 2.05) is 5.38 Å². The number of morpholine rings is 1. The molecule has 3 heterocycles. The van der Waals surface area contributed by atoms with Crippen molar-refractivity contribution in [3.8, 4) is 0 Å². The summed E-state index contributed by atoms with van der Waals surface area (Å²) in [5.74, 6) is 0. The number of halogens is 1. The molecule has 0 amide bonds. The molecule has 3 rings (SSSR count). The van der Waals surface area contributed by atoms with Gasteiger partial charge in [-0.2, -0.15) is 0 Å². The second-order valence-corrected chi connectivity index (χ2v) is 8.36. The van der Waals surface area contributed by atoms with Crippen molar-refractivity contribution in [2.45, 2.75) is 18.0 Å². The topological polar surface area (TPSA) is 84.4 Å². The largest absolute Gasteiger partial charge is 0.379 e. The van der Waals surface area contributed by atoms with Crippen LogP contribution in [0.1, 0.15) is 10.7 Å². The average Bonchev–Trinajstić information content (AvgIpc) is 3.02. The predicted octanol–water partition coefficient (Wildman–Crippen LogP) is 1.50. The highest BCUT2D eigenvalue weighted by Crippen LogP contribution is 2.15. The van der Waals surface area contributed by atoms with Crippen LogP contribution >= 0.6 is 22.9 Å². The van der Waals surface area contributed by atoms with Gasteiger partial charge in [-0.3, -0.25) is 4.90 Å². The van der Waals surface area contributed by atoms with E-state index in [2.05, 4.69) is 19.6 Å². The second kappa shape index (κ2) is 7.85. The van der Waals surface area contributed by atoms with E-state index in [-0.39, 0.29) is 16.6 Å². The van der Waals surface area contributed by atoms with E-state index in [0.717, 1.165) is 43.5 Å². The molecule has 2 aromatic heterocycles. The molecule has 1 fully saturated rings. The number of nitrogens with one attached hydrogen (secondary N) is 1. The third kappa shape index (κ3) is 4.71. The molecule has 0 saturated carbocycles. The van der Waals surface area contributed by atoms with Crippen molar-refractivity contribution in [2.24, 2.45) is 0 Å². The van der Waals surface area contributed by atoms with Crippen LogP contribution in [0.3, 0.4) is 0 Å². The molecular weight excluding hydrogens is 372 g/mol. The summed E-state index contributed by atoms with van der Waals surface area (Å²) in [7, 11) is -3.62. The highest BCUT2D eigenvalue weighted by Gasteiger charge is 2.16. The molecule has 1 saturated heterocycles. The molecule has 24 heavy (non-hydrogen) atoms. The molecule has 0 bridgehead atoms. The maximum Gasteiger partial charge on any atom is 0.242 e. The number of sulfonamides is 1. The number of thiazole rings is 1. The van der Waals surface area contributed by atoms with Gasteiger partial charge in [0.15, 0.2) is 0 Å². The first-order valence-electron chi connectivity index (χ1n) is 7.37. The van der Waals surface area contributed by atoms with E-state index >= 15 is 0 Å². The second-order valence-electron chi connectivity index (χ2n) is 5.26. The Balaban J connectivity index is 1.57. The first-order valence-corrected chi connectivity index (χ1v) is 10.1. The van der Waals surface area contributed by atoms with Crippen LogP contribution < -0.4 is 4.72 Å². The zero-order valence-corrected chi connectivity index (χ0v) is 15.2. The van der Waals surface area contributed by atoms with Gasteiger partial charge in [-0.15, -0.1) is 11.3 Å². The summed E-state index contributed by atoms with van der Waals surface area (Å²) in [6.07, 6.45) is 1.23. The zero-order valence-electron chi connectivity index (χ0n) is 12.8. The van der Waals surface area contributed by atoms with Crippen molar-refractivity contribution in [3.05, 3.63) is 39.6 Å². The van der Waals surface area contributed by atoms with Crippen LogP contribution in [-0.4, -0.2) is 49.6 Å². The number of nitrogens with zero attached hydrogens (tertiary/aromatic N) is 3. The molecule has 1 aliphatic rings. The lowest BCUT2D eigenvalue weighted by Crippen LogP contribution is -2.35. The van der Waals surface area contributed by atoms with Crippen LogP contribution in [-0.2, 0) is 27.8 Å². The normalized spacial score (nSPS) is 16.4. The molecule has 0 atom stereocenters. The first kappa shape index (κ1) is 17.7. The molecule has 7 nitrogen and oxygen atoms in total. The van der Waals surface area contributed by atoms with E-state index in [1.165, 1.54) is 29.7 Å². The van der Waals surface area contributed by atoms with Crippen molar-refractivity contribution in [2.75, 3.05) is 26.3 Å². The lowest BCUT2D eigenvalue weighted by molar-refractivity contribution is 0.0337. The summed E-state index contributed by atoms with van der Waals surface area (Å²) in [6.45, 7) is 4.18. The van der Waals surface area contributed by atoms with Crippen molar-refractivity contribution in [1.29, 1.82) is 0 Å². The predicted molar refractivity (Wildman–Crippen MR) is 91.5 cm³/mol. The molecule has 0 spiro atoms. The average molecular weight is 389 g/mol. The van der Waals surface area contributed by atoms with Crippen molar-refractivity contribution < 1.29 is 13.2 Å². The fourth-order valence-corrected chi connectivity index (χ4v) is 4.11. The Bertz CT molecular complexity index is 774. The molecule has 0 radical (unpaired) electrons. The Kier molecular flexibility index (Phi) is 5.80. The Labute approximate surface area is 149 Å². The summed E-state index contributed by atoms with van der Waals surface area (Å²) < 4.78 is 32.3. The Morgan fingerprint density at radius 2 is 2.12 bits per heavy atom. The lowest BCUT2D eigenvalue weighted by atomic mass is 10.3. The van der Waals surface area contributed by atoms with Gasteiger partial charge in [0, 0.05) is 31.2 Å². The standard InChI is InChI=1S/C14H17ClN4O3S2/c15-13-2-1-12(7-16-13)24(20,21)17-8-14-18-11(10-23-14)9-19-3-5-22-6-4-19/h1-2,7,10,17H,3-6,8-9H2. The number of ether oxygens (including phenoxy) is 1. The zero-order chi connectivity index (χ0) is 17.0. The van der Waals surface area contributed by atoms with Crippen LogP contribution in [0.15, 0.2) is 28.6 Å². The van der Waals surface area contributed by atoms with Gasteiger partial charge in [0.05, 0.1) is 25.5 Å². The van der Waals surface area contributed by atoms with Gasteiger partial charge in [-0.05, 0) is 12.1 Å². The smallest absolute Gasteiger partial charge is 0.242 e. The molecule has 0 unspecified atom stereocenters. The molecule has 0 aromatic carbocycles. The van der Waals surface area contributed by atoms with Gasteiger partial charge < -0.3 is 4.74 Å². The van der Waals surface area contributed by atoms with Crippen LogP contribution in [0.4, 0.5) is 0 Å². The first-order chi connectivity index (χ1) is 11.5. The summed E-state index contributed by atoms with van der Waals surface area (Å²) in [5, 5.41) is 2.94. The van der Waals surface area contributed by atoms with Gasteiger partial charge in [0.2, 0.25) is 10.0 Å². The molecule has 130 valence electrons. The maximum absolute atomic E-state index is 12.2. The molecule has 1 aliphatic heterocycles. The summed E-state index contributed by atoms with van der Waals surface area (Å²) in [6, 6.07) is 2.86. The molecule has 1 N–H and O–H groups in total. The minimum absolute atomic E-state index is 0.0806. The Morgan fingerprint density at radius 1 is 1.33 bits per heavy atom. The Morgan fingerprint density at radius 3 is 2.83 bits per heavy atom. The van der Waals surface area contributed by atoms with Crippen LogP contribution in [0, 0.1) is 0 Å². The number of pyridine rings is 1. The van der Waals surface area contributed by atoms with Crippen LogP contribution in [0.25, 0.3) is 0 Å². The minimum Gasteiger partial charge on any atom is -0.379 e. The van der Waals surface area contributed by atoms with Crippen molar-refractivity contribution >= 4 is 33.0 Å². The third-order valence-electron chi connectivity index (χ3n) is 3.51. The number of aromatic nitrogens is 2. The molecule has 10 heteroatoms. The lowest BCUT2D eigenvalue weighted by Gasteiger charge is -2.25. The van der Waals surface area contributed by atoms with Gasteiger partial charge in [0.25, 0.3) is 0 Å². The van der Waals surface area contributed by atoms with Gasteiger partial charge in [-0.25, -0.2) is 23.1 Å². The van der Waals surface area contributed by atoms with Crippen LogP contribution in [0.2, 0.25) is 5.15 Å². The van der Waals surface area contributed by atoms with E-state index in [4.69, 9.17) is 16.3 Å². The number of hydrogen-bond donors (Lipinski definition) is 1. The number of hydrogen-bond acceptors (Lipinski definition) is 7. The van der Waals surface area contributed by atoms with Crippen molar-refractivity contribution in [3.63, 3.8) is 0 Å². The fraction of sp³-hybridized carbons (Fsp3) is 0.429. The van der Waals surface area contributed by atoms with E-state index in [1.54, 1.807) is 0 Å². The SMILES string of the molecule is O=S(=O)(NCc1nc(CN2CCOCC2)cs1)c1ccc(Cl)nc1. The molecular formula is C14H17ClN4O3S2. The highest BCUT2D eigenvalue weighted by molar-refractivity contribution is 7.89. The molecule has 0 aliphatic carbocycles. The molecule has 2 aromatic rings. The minimum atomic E-state index is -3.62.